The number of hydrogen-bond donors (Lipinski definition) is 0. The lowest BCUT2D eigenvalue weighted by Gasteiger charge is -2.21. The zero-order valence-corrected chi connectivity index (χ0v) is 9.63. The predicted molar refractivity (Wildman–Crippen MR) is 59.1 cm³/mol. The van der Waals surface area contributed by atoms with Crippen molar-refractivity contribution in [2.75, 3.05) is 17.4 Å². The lowest BCUT2D eigenvalue weighted by atomic mass is 9.86. The maximum Gasteiger partial charge on any atom is 0.0254 e. The van der Waals surface area contributed by atoms with Crippen molar-refractivity contribution in [3.63, 3.8) is 0 Å². The topological polar surface area (TPSA) is 0 Å². The van der Waals surface area contributed by atoms with Gasteiger partial charge >= 0.3 is 0 Å². The van der Waals surface area contributed by atoms with E-state index in [9.17, 15) is 0 Å². The monoisotopic (exact) mass is 206 g/mol. The van der Waals surface area contributed by atoms with Crippen LogP contribution < -0.4 is 0 Å². The normalized spacial score (nSPS) is 26.5. The molecule has 1 aliphatic rings. The number of alkyl halides is 1. The molecule has 0 N–H and O–H groups in total. The molecule has 2 heteroatoms. The summed E-state index contributed by atoms with van der Waals surface area (Å²) in [6.07, 6.45) is 2.71. The minimum atomic E-state index is 0.779. The molecule has 0 aromatic heterocycles. The van der Waals surface area contributed by atoms with E-state index < -0.39 is 0 Å². The first-order valence-corrected chi connectivity index (χ1v) is 6.56. The standard InChI is InChI=1S/C10H19ClS/c1-8(2)5-10(6-11)9-3-4-12-7-9/h8-10H,3-7H2,1-2H3. The minimum absolute atomic E-state index is 0.779. The van der Waals surface area contributed by atoms with Gasteiger partial charge in [0, 0.05) is 5.88 Å². The Morgan fingerprint density at radius 3 is 2.67 bits per heavy atom. The summed E-state index contributed by atoms with van der Waals surface area (Å²) in [5.41, 5.74) is 0. The maximum atomic E-state index is 5.98. The summed E-state index contributed by atoms with van der Waals surface area (Å²) < 4.78 is 0. The predicted octanol–water partition coefficient (Wildman–Crippen LogP) is 3.64. The van der Waals surface area contributed by atoms with Crippen molar-refractivity contribution in [1.29, 1.82) is 0 Å². The molecule has 0 nitrogen and oxygen atoms in total. The van der Waals surface area contributed by atoms with Crippen LogP contribution in [0.5, 0.6) is 0 Å². The molecule has 0 spiro atoms. The average molecular weight is 207 g/mol. The Morgan fingerprint density at radius 1 is 1.50 bits per heavy atom. The molecule has 12 heavy (non-hydrogen) atoms. The second-order valence-electron chi connectivity index (χ2n) is 4.17. The summed E-state index contributed by atoms with van der Waals surface area (Å²) in [4.78, 5) is 0. The second-order valence-corrected chi connectivity index (χ2v) is 5.63. The smallest absolute Gasteiger partial charge is 0.0254 e. The maximum absolute atomic E-state index is 5.98. The SMILES string of the molecule is CC(C)CC(CCl)C1CCSC1. The van der Waals surface area contributed by atoms with Gasteiger partial charge in [-0.15, -0.1) is 11.6 Å². The van der Waals surface area contributed by atoms with Gasteiger partial charge in [-0.25, -0.2) is 0 Å². The van der Waals surface area contributed by atoms with Crippen molar-refractivity contribution in [1.82, 2.24) is 0 Å². The highest BCUT2D eigenvalue weighted by Gasteiger charge is 2.24. The number of halogens is 1. The third kappa shape index (κ3) is 3.18. The molecule has 0 saturated carbocycles. The van der Waals surface area contributed by atoms with Gasteiger partial charge in [-0.2, -0.15) is 11.8 Å². The van der Waals surface area contributed by atoms with E-state index in [4.69, 9.17) is 11.6 Å². The van der Waals surface area contributed by atoms with E-state index in [1.54, 1.807) is 0 Å². The highest BCUT2D eigenvalue weighted by Crippen LogP contribution is 2.33. The molecule has 2 unspecified atom stereocenters. The fraction of sp³-hybridized carbons (Fsp3) is 1.00. The molecule has 1 heterocycles. The summed E-state index contributed by atoms with van der Waals surface area (Å²) in [5.74, 6) is 6.07. The molecule has 1 rings (SSSR count). The van der Waals surface area contributed by atoms with Gasteiger partial charge in [0.15, 0.2) is 0 Å². The summed E-state index contributed by atoms with van der Waals surface area (Å²) in [6.45, 7) is 4.59. The van der Waals surface area contributed by atoms with E-state index in [-0.39, 0.29) is 0 Å². The number of thioether (sulfide) groups is 1. The minimum Gasteiger partial charge on any atom is -0.162 e. The van der Waals surface area contributed by atoms with Gasteiger partial charge in [-0.05, 0) is 42.1 Å². The van der Waals surface area contributed by atoms with Crippen LogP contribution in [-0.4, -0.2) is 17.4 Å². The molecule has 1 aliphatic heterocycles. The van der Waals surface area contributed by atoms with E-state index in [0.717, 1.165) is 23.6 Å². The highest BCUT2D eigenvalue weighted by atomic mass is 35.5. The molecule has 2 atom stereocenters. The molecule has 0 bridgehead atoms. The average Bonchev–Trinajstić information content (AvgIpc) is 2.51. The first-order chi connectivity index (χ1) is 5.74. The van der Waals surface area contributed by atoms with Gasteiger partial charge in [-0.1, -0.05) is 13.8 Å². The fourth-order valence-electron chi connectivity index (χ4n) is 1.91. The zero-order valence-electron chi connectivity index (χ0n) is 8.05. The van der Waals surface area contributed by atoms with Crippen LogP contribution in [0.3, 0.4) is 0 Å². The summed E-state index contributed by atoms with van der Waals surface area (Å²) >= 11 is 8.08. The third-order valence-electron chi connectivity index (χ3n) is 2.60. The zero-order chi connectivity index (χ0) is 8.97. The molecule has 1 saturated heterocycles. The van der Waals surface area contributed by atoms with Crippen LogP contribution in [0.1, 0.15) is 26.7 Å². The van der Waals surface area contributed by atoms with Crippen molar-refractivity contribution in [3.05, 3.63) is 0 Å². The van der Waals surface area contributed by atoms with E-state index >= 15 is 0 Å². The van der Waals surface area contributed by atoms with Crippen LogP contribution in [0.2, 0.25) is 0 Å². The van der Waals surface area contributed by atoms with Crippen LogP contribution in [-0.2, 0) is 0 Å². The number of rotatable bonds is 4. The van der Waals surface area contributed by atoms with Crippen molar-refractivity contribution in [2.45, 2.75) is 26.7 Å². The molecule has 0 aromatic carbocycles. The Kier molecular flexibility index (Phi) is 4.81. The fourth-order valence-corrected chi connectivity index (χ4v) is 3.67. The molecule has 0 amide bonds. The Hall–Kier alpha value is 0.640. The van der Waals surface area contributed by atoms with E-state index in [1.165, 1.54) is 24.3 Å². The first kappa shape index (κ1) is 10.7. The van der Waals surface area contributed by atoms with Crippen molar-refractivity contribution in [3.8, 4) is 0 Å². The quantitative estimate of drug-likeness (QED) is 0.633. The largest absolute Gasteiger partial charge is 0.162 e. The molecule has 72 valence electrons. The Bertz CT molecular complexity index is 119. The van der Waals surface area contributed by atoms with Crippen molar-refractivity contribution < 1.29 is 0 Å². The summed E-state index contributed by atoms with van der Waals surface area (Å²) in [6, 6.07) is 0. The van der Waals surface area contributed by atoms with Crippen molar-refractivity contribution >= 4 is 23.4 Å². The lowest BCUT2D eigenvalue weighted by Crippen LogP contribution is -2.18. The molecule has 1 fully saturated rings. The molecule has 0 radical (unpaired) electrons. The van der Waals surface area contributed by atoms with Crippen LogP contribution in [0.25, 0.3) is 0 Å². The Labute approximate surface area is 85.4 Å². The van der Waals surface area contributed by atoms with Crippen LogP contribution >= 0.6 is 23.4 Å². The van der Waals surface area contributed by atoms with Gasteiger partial charge in [0.1, 0.15) is 0 Å². The third-order valence-corrected chi connectivity index (χ3v) is 4.19. The highest BCUT2D eigenvalue weighted by molar-refractivity contribution is 7.99. The molecule has 0 aromatic rings. The first-order valence-electron chi connectivity index (χ1n) is 4.87. The summed E-state index contributed by atoms with van der Waals surface area (Å²) in [5, 5.41) is 0. The Morgan fingerprint density at radius 2 is 2.25 bits per heavy atom. The van der Waals surface area contributed by atoms with E-state index in [0.29, 0.717) is 0 Å². The molecule has 0 aliphatic carbocycles. The second kappa shape index (κ2) is 5.39. The summed E-state index contributed by atoms with van der Waals surface area (Å²) in [7, 11) is 0. The van der Waals surface area contributed by atoms with Gasteiger partial charge < -0.3 is 0 Å². The van der Waals surface area contributed by atoms with Crippen LogP contribution in [0, 0.1) is 17.8 Å². The van der Waals surface area contributed by atoms with Gasteiger partial charge in [-0.3, -0.25) is 0 Å². The van der Waals surface area contributed by atoms with E-state index in [2.05, 4.69) is 25.6 Å². The van der Waals surface area contributed by atoms with Gasteiger partial charge in [0.2, 0.25) is 0 Å². The van der Waals surface area contributed by atoms with Crippen LogP contribution in [0.4, 0.5) is 0 Å². The van der Waals surface area contributed by atoms with Crippen molar-refractivity contribution in [2.24, 2.45) is 17.8 Å². The van der Waals surface area contributed by atoms with Gasteiger partial charge in [0.25, 0.3) is 0 Å². The Balaban J connectivity index is 2.32. The van der Waals surface area contributed by atoms with Crippen LogP contribution in [0.15, 0.2) is 0 Å². The van der Waals surface area contributed by atoms with Gasteiger partial charge in [0.05, 0.1) is 0 Å². The molecular weight excluding hydrogens is 188 g/mol. The van der Waals surface area contributed by atoms with E-state index in [1.807, 2.05) is 0 Å². The lowest BCUT2D eigenvalue weighted by molar-refractivity contribution is 0.334. The number of hydrogen-bond acceptors (Lipinski definition) is 1. The molecular formula is C10H19ClS.